The molecule has 0 spiro atoms. The van der Waals surface area contributed by atoms with Crippen LogP contribution in [0.4, 0.5) is 0 Å². The zero-order chi connectivity index (χ0) is 17.1. The molecule has 1 saturated carbocycles. The molecule has 2 aromatic rings. The molecule has 1 aromatic heterocycles. The Labute approximate surface area is 145 Å². The molecule has 1 fully saturated rings. The summed E-state index contributed by atoms with van der Waals surface area (Å²) in [5, 5.41) is 13.8. The Hall–Kier alpha value is -2.05. The first-order valence-corrected chi connectivity index (χ1v) is 8.28. The number of carbonyl (C=O) groups is 1. The molecule has 0 aliphatic heterocycles. The average molecular weight is 350 g/mol. The summed E-state index contributed by atoms with van der Waals surface area (Å²) in [5.41, 5.74) is 0. The number of carbonyl (C=O) groups excluding carboxylic acids is 1. The van der Waals surface area contributed by atoms with Gasteiger partial charge in [-0.25, -0.2) is 4.98 Å². The van der Waals surface area contributed by atoms with Crippen molar-refractivity contribution in [3.05, 3.63) is 47.5 Å². The highest BCUT2D eigenvalue weighted by Gasteiger charge is 2.37. The molecule has 2 N–H and O–H groups in total. The molecule has 3 rings (SSSR count). The second-order valence-electron chi connectivity index (χ2n) is 5.91. The van der Waals surface area contributed by atoms with Gasteiger partial charge in [0, 0.05) is 12.4 Å². The van der Waals surface area contributed by atoms with Crippen LogP contribution < -0.4 is 10.1 Å². The molecule has 1 amide bonds. The standard InChI is InChI=1S/C17H20ClN3O3/c1-11-19-8-9-21(11)14-7-6-13(17(14)23)20-16(22)10-24-15-5-3-2-4-12(15)18/h2-5,8-9,13-14,17,23H,6-7,10H2,1H3,(H,20,22)/t13-,14-,17-/m1/s1. The minimum absolute atomic E-state index is 0.0673. The number of para-hydroxylation sites is 1. The molecular weight excluding hydrogens is 330 g/mol. The summed E-state index contributed by atoms with van der Waals surface area (Å²) in [5.74, 6) is 1.04. The topological polar surface area (TPSA) is 76.4 Å². The number of amides is 1. The summed E-state index contributed by atoms with van der Waals surface area (Å²) in [7, 11) is 0. The number of hydrogen-bond acceptors (Lipinski definition) is 4. The molecule has 1 aliphatic carbocycles. The quantitative estimate of drug-likeness (QED) is 0.866. The van der Waals surface area contributed by atoms with Crippen LogP contribution in [0.5, 0.6) is 5.75 Å². The lowest BCUT2D eigenvalue weighted by atomic mass is 10.1. The second kappa shape index (κ2) is 7.23. The lowest BCUT2D eigenvalue weighted by Crippen LogP contribution is -2.44. The maximum Gasteiger partial charge on any atom is 0.258 e. The van der Waals surface area contributed by atoms with Gasteiger partial charge in [0.15, 0.2) is 6.61 Å². The van der Waals surface area contributed by atoms with E-state index >= 15 is 0 Å². The van der Waals surface area contributed by atoms with Crippen LogP contribution in [-0.4, -0.2) is 39.3 Å². The van der Waals surface area contributed by atoms with Crippen LogP contribution >= 0.6 is 11.6 Å². The number of nitrogens with one attached hydrogen (secondary N) is 1. The Morgan fingerprint density at radius 3 is 2.96 bits per heavy atom. The van der Waals surface area contributed by atoms with E-state index in [0.717, 1.165) is 12.2 Å². The van der Waals surface area contributed by atoms with Gasteiger partial charge in [-0.3, -0.25) is 4.79 Å². The minimum atomic E-state index is -0.651. The van der Waals surface area contributed by atoms with Gasteiger partial charge in [-0.05, 0) is 31.9 Å². The van der Waals surface area contributed by atoms with Crippen molar-refractivity contribution in [3.63, 3.8) is 0 Å². The summed E-state index contributed by atoms with van der Waals surface area (Å²) in [6, 6.07) is 6.63. The van der Waals surface area contributed by atoms with E-state index in [-0.39, 0.29) is 24.6 Å². The Morgan fingerprint density at radius 2 is 2.25 bits per heavy atom. The number of aromatic nitrogens is 2. The SMILES string of the molecule is Cc1nccn1[C@@H]1CC[C@@H](NC(=O)COc2ccccc2Cl)[C@H]1O. The number of imidazole rings is 1. The predicted molar refractivity (Wildman–Crippen MR) is 90.1 cm³/mol. The summed E-state index contributed by atoms with van der Waals surface area (Å²) < 4.78 is 7.38. The molecule has 1 heterocycles. The van der Waals surface area contributed by atoms with Crippen molar-refractivity contribution in [2.24, 2.45) is 0 Å². The first kappa shape index (κ1) is 16.8. The van der Waals surface area contributed by atoms with Gasteiger partial charge in [0.25, 0.3) is 5.91 Å². The molecule has 7 heteroatoms. The maximum absolute atomic E-state index is 12.1. The second-order valence-corrected chi connectivity index (χ2v) is 6.32. The zero-order valence-corrected chi connectivity index (χ0v) is 14.1. The van der Waals surface area contributed by atoms with Crippen LogP contribution in [0.25, 0.3) is 0 Å². The minimum Gasteiger partial charge on any atom is -0.482 e. The van der Waals surface area contributed by atoms with E-state index in [1.807, 2.05) is 17.7 Å². The lowest BCUT2D eigenvalue weighted by Gasteiger charge is -2.22. The van der Waals surface area contributed by atoms with Crippen LogP contribution in [-0.2, 0) is 4.79 Å². The predicted octanol–water partition coefficient (Wildman–Crippen LogP) is 2.10. The number of aliphatic hydroxyl groups excluding tert-OH is 1. The molecule has 24 heavy (non-hydrogen) atoms. The lowest BCUT2D eigenvalue weighted by molar-refractivity contribution is -0.124. The van der Waals surface area contributed by atoms with Crippen LogP contribution in [0.15, 0.2) is 36.7 Å². The first-order chi connectivity index (χ1) is 11.6. The van der Waals surface area contributed by atoms with E-state index in [1.54, 1.807) is 30.5 Å². The molecular formula is C17H20ClN3O3. The number of ether oxygens (including phenoxy) is 1. The third-order valence-electron chi connectivity index (χ3n) is 4.34. The van der Waals surface area contributed by atoms with E-state index in [1.165, 1.54) is 0 Å². The summed E-state index contributed by atoms with van der Waals surface area (Å²) in [4.78, 5) is 16.3. The Bertz CT molecular complexity index is 719. The van der Waals surface area contributed by atoms with E-state index in [9.17, 15) is 9.90 Å². The van der Waals surface area contributed by atoms with Gasteiger partial charge in [0.2, 0.25) is 0 Å². The molecule has 6 nitrogen and oxygen atoms in total. The van der Waals surface area contributed by atoms with Crippen molar-refractivity contribution in [2.45, 2.75) is 38.0 Å². The fourth-order valence-corrected chi connectivity index (χ4v) is 3.30. The van der Waals surface area contributed by atoms with Crippen molar-refractivity contribution in [1.82, 2.24) is 14.9 Å². The third-order valence-corrected chi connectivity index (χ3v) is 4.65. The van der Waals surface area contributed by atoms with Crippen molar-refractivity contribution >= 4 is 17.5 Å². The Kier molecular flexibility index (Phi) is 5.06. The van der Waals surface area contributed by atoms with E-state index in [0.29, 0.717) is 17.2 Å². The summed E-state index contributed by atoms with van der Waals surface area (Å²) >= 11 is 5.99. The summed E-state index contributed by atoms with van der Waals surface area (Å²) in [6.45, 7) is 1.76. The van der Waals surface area contributed by atoms with Crippen LogP contribution in [0, 0.1) is 6.92 Å². The molecule has 0 bridgehead atoms. The van der Waals surface area contributed by atoms with Crippen molar-refractivity contribution in [1.29, 1.82) is 0 Å². The highest BCUT2D eigenvalue weighted by Crippen LogP contribution is 2.31. The molecule has 0 unspecified atom stereocenters. The largest absolute Gasteiger partial charge is 0.482 e. The molecule has 0 saturated heterocycles. The van der Waals surface area contributed by atoms with Crippen LogP contribution in [0.1, 0.15) is 24.7 Å². The van der Waals surface area contributed by atoms with Gasteiger partial charge in [-0.1, -0.05) is 23.7 Å². The number of aryl methyl sites for hydroxylation is 1. The van der Waals surface area contributed by atoms with Gasteiger partial charge in [-0.2, -0.15) is 0 Å². The number of rotatable bonds is 5. The van der Waals surface area contributed by atoms with Crippen molar-refractivity contribution < 1.29 is 14.6 Å². The Balaban J connectivity index is 1.54. The smallest absolute Gasteiger partial charge is 0.258 e. The highest BCUT2D eigenvalue weighted by molar-refractivity contribution is 6.32. The zero-order valence-electron chi connectivity index (χ0n) is 13.4. The Morgan fingerprint density at radius 1 is 1.46 bits per heavy atom. The number of nitrogens with zero attached hydrogens (tertiary/aromatic N) is 2. The molecule has 128 valence electrons. The number of benzene rings is 1. The van der Waals surface area contributed by atoms with Gasteiger partial charge in [-0.15, -0.1) is 0 Å². The van der Waals surface area contributed by atoms with Gasteiger partial charge in [0.1, 0.15) is 11.6 Å². The average Bonchev–Trinajstić information content (AvgIpc) is 3.13. The molecule has 3 atom stereocenters. The molecule has 1 aliphatic rings. The van der Waals surface area contributed by atoms with Gasteiger partial charge < -0.3 is 19.7 Å². The van der Waals surface area contributed by atoms with Crippen LogP contribution in [0.3, 0.4) is 0 Å². The van der Waals surface area contributed by atoms with Crippen LogP contribution in [0.2, 0.25) is 5.02 Å². The van der Waals surface area contributed by atoms with E-state index in [2.05, 4.69) is 10.3 Å². The van der Waals surface area contributed by atoms with E-state index < -0.39 is 6.10 Å². The first-order valence-electron chi connectivity index (χ1n) is 7.90. The molecule has 1 aromatic carbocycles. The normalized spacial score (nSPS) is 23.2. The summed E-state index contributed by atoms with van der Waals surface area (Å²) in [6.07, 6.45) is 4.41. The number of aliphatic hydroxyl groups is 1. The van der Waals surface area contributed by atoms with E-state index in [4.69, 9.17) is 16.3 Å². The number of hydrogen-bond donors (Lipinski definition) is 2. The number of halogens is 1. The van der Waals surface area contributed by atoms with Crippen molar-refractivity contribution in [2.75, 3.05) is 6.61 Å². The maximum atomic E-state index is 12.1. The fraction of sp³-hybridized carbons (Fsp3) is 0.412. The van der Waals surface area contributed by atoms with Gasteiger partial charge >= 0.3 is 0 Å². The van der Waals surface area contributed by atoms with Crippen molar-refractivity contribution in [3.8, 4) is 5.75 Å². The highest BCUT2D eigenvalue weighted by atomic mass is 35.5. The third kappa shape index (κ3) is 3.55. The molecule has 0 radical (unpaired) electrons. The fourth-order valence-electron chi connectivity index (χ4n) is 3.11. The monoisotopic (exact) mass is 349 g/mol. The van der Waals surface area contributed by atoms with Gasteiger partial charge in [0.05, 0.1) is 23.2 Å².